The van der Waals surface area contributed by atoms with Crippen LogP contribution in [0.2, 0.25) is 0 Å². The number of benzene rings is 1. The van der Waals surface area contributed by atoms with Gasteiger partial charge >= 0.3 is 11.9 Å². The fourth-order valence-corrected chi connectivity index (χ4v) is 1.72. The summed E-state index contributed by atoms with van der Waals surface area (Å²) in [6, 6.07) is 7.03. The minimum absolute atomic E-state index is 0.0910. The molecule has 0 heterocycles. The molecule has 5 heteroatoms. The first-order chi connectivity index (χ1) is 9.81. The van der Waals surface area contributed by atoms with E-state index in [2.05, 4.69) is 22.6 Å². The van der Waals surface area contributed by atoms with Crippen molar-refractivity contribution >= 4 is 34.5 Å². The van der Waals surface area contributed by atoms with Crippen LogP contribution in [0.5, 0.6) is 5.75 Å². The molecule has 1 unspecified atom stereocenters. The fraction of sp³-hybridized carbons (Fsp3) is 0.500. The fourth-order valence-electron chi connectivity index (χ4n) is 1.43. The SMILES string of the molecule is CC(C)C(=O)Oc1ccccc1CC(=O)OC(I)C(C)C. The first kappa shape index (κ1) is 17.9. The van der Waals surface area contributed by atoms with Crippen LogP contribution in [0.15, 0.2) is 24.3 Å². The van der Waals surface area contributed by atoms with Gasteiger partial charge in [0.05, 0.1) is 12.3 Å². The lowest BCUT2D eigenvalue weighted by Gasteiger charge is -2.16. The molecule has 0 aliphatic rings. The second-order valence-electron chi connectivity index (χ2n) is 5.45. The van der Waals surface area contributed by atoms with E-state index in [1.165, 1.54) is 0 Å². The van der Waals surface area contributed by atoms with Crippen molar-refractivity contribution in [1.29, 1.82) is 0 Å². The predicted octanol–water partition coefficient (Wildman–Crippen LogP) is 3.75. The lowest BCUT2D eigenvalue weighted by atomic mass is 10.1. The van der Waals surface area contributed by atoms with E-state index in [0.717, 1.165) is 0 Å². The summed E-state index contributed by atoms with van der Waals surface area (Å²) in [5, 5.41) is 0. The first-order valence-electron chi connectivity index (χ1n) is 6.94. The number of halogens is 1. The molecule has 1 aromatic rings. The van der Waals surface area contributed by atoms with Crippen LogP contribution in [0.25, 0.3) is 0 Å². The van der Waals surface area contributed by atoms with Crippen molar-refractivity contribution in [3.63, 3.8) is 0 Å². The molecule has 21 heavy (non-hydrogen) atoms. The molecule has 0 spiro atoms. The van der Waals surface area contributed by atoms with E-state index in [1.54, 1.807) is 38.1 Å². The van der Waals surface area contributed by atoms with E-state index >= 15 is 0 Å². The summed E-state index contributed by atoms with van der Waals surface area (Å²) in [6.07, 6.45) is 0.0910. The maximum absolute atomic E-state index is 11.9. The Balaban J connectivity index is 2.75. The largest absolute Gasteiger partial charge is 0.451 e. The van der Waals surface area contributed by atoms with Gasteiger partial charge in [0.1, 0.15) is 5.75 Å². The average Bonchev–Trinajstić information content (AvgIpc) is 2.40. The van der Waals surface area contributed by atoms with Gasteiger partial charge in [-0.15, -0.1) is 0 Å². The van der Waals surface area contributed by atoms with E-state index < -0.39 is 0 Å². The zero-order valence-corrected chi connectivity index (χ0v) is 14.9. The molecule has 0 aliphatic carbocycles. The second-order valence-corrected chi connectivity index (χ2v) is 6.67. The summed E-state index contributed by atoms with van der Waals surface area (Å²) in [4.78, 5) is 23.6. The molecule has 1 aromatic carbocycles. The van der Waals surface area contributed by atoms with Crippen LogP contribution in [-0.2, 0) is 20.7 Å². The average molecular weight is 404 g/mol. The highest BCUT2D eigenvalue weighted by molar-refractivity contribution is 14.1. The molecular formula is C16H21IO4. The maximum atomic E-state index is 11.9. The molecule has 0 bridgehead atoms. The molecule has 0 radical (unpaired) electrons. The van der Waals surface area contributed by atoms with E-state index in [1.807, 2.05) is 13.8 Å². The lowest BCUT2D eigenvalue weighted by Crippen LogP contribution is -2.20. The third kappa shape index (κ3) is 6.03. The number of hydrogen-bond acceptors (Lipinski definition) is 4. The van der Waals surface area contributed by atoms with Gasteiger partial charge in [-0.2, -0.15) is 0 Å². The third-order valence-corrected chi connectivity index (χ3v) is 4.45. The Morgan fingerprint density at radius 2 is 1.76 bits per heavy atom. The number of rotatable bonds is 6. The Morgan fingerprint density at radius 3 is 2.33 bits per heavy atom. The Labute approximate surface area is 139 Å². The molecule has 0 saturated heterocycles. The number of carbonyl (C=O) groups is 2. The molecule has 1 atom stereocenters. The zero-order valence-electron chi connectivity index (χ0n) is 12.8. The highest BCUT2D eigenvalue weighted by Crippen LogP contribution is 2.21. The van der Waals surface area contributed by atoms with Gasteiger partial charge in [-0.25, -0.2) is 0 Å². The van der Waals surface area contributed by atoms with Gasteiger partial charge in [-0.05, 0) is 34.6 Å². The lowest BCUT2D eigenvalue weighted by molar-refractivity contribution is -0.145. The molecule has 0 aromatic heterocycles. The van der Waals surface area contributed by atoms with Gasteiger partial charge in [0.25, 0.3) is 0 Å². The van der Waals surface area contributed by atoms with Gasteiger partial charge in [0.2, 0.25) is 0 Å². The van der Waals surface area contributed by atoms with E-state index in [-0.39, 0.29) is 34.3 Å². The Hall–Kier alpha value is -1.11. The van der Waals surface area contributed by atoms with Crippen molar-refractivity contribution in [2.24, 2.45) is 11.8 Å². The van der Waals surface area contributed by atoms with Crippen LogP contribution in [0.4, 0.5) is 0 Å². The standard InChI is InChI=1S/C16H21IO4/c1-10(2)15(17)21-14(18)9-12-7-5-6-8-13(12)20-16(19)11(3)4/h5-8,10-11,15H,9H2,1-4H3. The highest BCUT2D eigenvalue weighted by atomic mass is 127. The summed E-state index contributed by atoms with van der Waals surface area (Å²) < 4.78 is 10.5. The molecule has 0 saturated carbocycles. The minimum Gasteiger partial charge on any atom is -0.451 e. The van der Waals surface area contributed by atoms with Crippen LogP contribution in [0, 0.1) is 11.8 Å². The number of esters is 2. The molecule has 4 nitrogen and oxygen atoms in total. The molecule has 0 N–H and O–H groups in total. The number of hydrogen-bond donors (Lipinski definition) is 0. The summed E-state index contributed by atoms with van der Waals surface area (Å²) >= 11 is 2.10. The van der Waals surface area contributed by atoms with E-state index in [4.69, 9.17) is 9.47 Å². The maximum Gasteiger partial charge on any atom is 0.313 e. The Morgan fingerprint density at radius 1 is 1.14 bits per heavy atom. The number of para-hydroxylation sites is 1. The predicted molar refractivity (Wildman–Crippen MR) is 89.4 cm³/mol. The van der Waals surface area contributed by atoms with Crippen molar-refractivity contribution in [3.05, 3.63) is 29.8 Å². The molecular weight excluding hydrogens is 383 g/mol. The van der Waals surface area contributed by atoms with Gasteiger partial charge in [0, 0.05) is 5.56 Å². The Bertz CT molecular complexity index is 497. The summed E-state index contributed by atoms with van der Waals surface area (Å²) in [5.41, 5.74) is 0.656. The van der Waals surface area contributed by atoms with E-state index in [0.29, 0.717) is 11.3 Å². The van der Waals surface area contributed by atoms with Crippen LogP contribution in [0.3, 0.4) is 0 Å². The minimum atomic E-state index is -0.323. The molecule has 1 rings (SSSR count). The van der Waals surface area contributed by atoms with Gasteiger partial charge in [0.15, 0.2) is 4.11 Å². The highest BCUT2D eigenvalue weighted by Gasteiger charge is 2.18. The molecule has 0 aliphatic heterocycles. The molecule has 0 amide bonds. The van der Waals surface area contributed by atoms with Crippen LogP contribution in [0.1, 0.15) is 33.3 Å². The number of ether oxygens (including phenoxy) is 2. The third-order valence-electron chi connectivity index (χ3n) is 2.76. The molecule has 0 fully saturated rings. The van der Waals surface area contributed by atoms with Crippen LogP contribution in [-0.4, -0.2) is 16.0 Å². The summed E-state index contributed by atoms with van der Waals surface area (Å²) in [5.74, 6) is -0.183. The number of alkyl halides is 1. The monoisotopic (exact) mass is 404 g/mol. The van der Waals surface area contributed by atoms with Crippen LogP contribution >= 0.6 is 22.6 Å². The molecule has 116 valence electrons. The van der Waals surface area contributed by atoms with Gasteiger partial charge < -0.3 is 9.47 Å². The van der Waals surface area contributed by atoms with Crippen molar-refractivity contribution in [3.8, 4) is 5.75 Å². The Kier molecular flexibility index (Phi) is 7.14. The quantitative estimate of drug-likeness (QED) is 0.314. The van der Waals surface area contributed by atoms with Gasteiger partial charge in [-0.1, -0.05) is 45.9 Å². The van der Waals surface area contributed by atoms with Crippen molar-refractivity contribution in [2.45, 2.75) is 38.2 Å². The smallest absolute Gasteiger partial charge is 0.313 e. The number of carbonyl (C=O) groups excluding carboxylic acids is 2. The van der Waals surface area contributed by atoms with E-state index in [9.17, 15) is 9.59 Å². The van der Waals surface area contributed by atoms with Gasteiger partial charge in [-0.3, -0.25) is 9.59 Å². The topological polar surface area (TPSA) is 52.6 Å². The summed E-state index contributed by atoms with van der Waals surface area (Å²) in [7, 11) is 0. The van der Waals surface area contributed by atoms with Crippen molar-refractivity contribution < 1.29 is 19.1 Å². The zero-order chi connectivity index (χ0) is 16.0. The summed E-state index contributed by atoms with van der Waals surface area (Å²) in [6.45, 7) is 7.51. The second kappa shape index (κ2) is 8.36. The van der Waals surface area contributed by atoms with Crippen molar-refractivity contribution in [2.75, 3.05) is 0 Å². The van der Waals surface area contributed by atoms with Crippen LogP contribution < -0.4 is 4.74 Å². The normalized spacial score (nSPS) is 12.3. The van der Waals surface area contributed by atoms with Crippen molar-refractivity contribution in [1.82, 2.24) is 0 Å². The first-order valence-corrected chi connectivity index (χ1v) is 8.19.